The fourth-order valence-electron chi connectivity index (χ4n) is 3.51. The minimum absolute atomic E-state index is 0.0680. The largest absolute Gasteiger partial charge is 0.478 e. The Morgan fingerprint density at radius 2 is 1.73 bits per heavy atom. The molecule has 188 valence electrons. The van der Waals surface area contributed by atoms with Gasteiger partial charge in [-0.15, -0.1) is 23.1 Å². The van der Waals surface area contributed by atoms with Crippen LogP contribution in [-0.2, 0) is 4.79 Å². The maximum atomic E-state index is 13.0. The monoisotopic (exact) mass is 551 g/mol. The molecule has 0 saturated carbocycles. The van der Waals surface area contributed by atoms with E-state index in [1.807, 2.05) is 36.6 Å². The summed E-state index contributed by atoms with van der Waals surface area (Å²) in [5.41, 5.74) is 1.98. The molecule has 4 rings (SSSR count). The Balaban J connectivity index is 1.42. The number of carbonyl (C=O) groups is 3. The summed E-state index contributed by atoms with van der Waals surface area (Å²) in [6.07, 6.45) is 0.571. The molecule has 3 N–H and O–H groups in total. The van der Waals surface area contributed by atoms with Gasteiger partial charge in [-0.25, -0.2) is 9.78 Å². The normalized spacial score (nSPS) is 11.5. The number of halogens is 1. The van der Waals surface area contributed by atoms with Gasteiger partial charge < -0.3 is 15.7 Å². The van der Waals surface area contributed by atoms with E-state index in [2.05, 4.69) is 15.6 Å². The highest BCUT2D eigenvalue weighted by atomic mass is 35.5. The molecule has 0 aliphatic rings. The minimum atomic E-state index is -1.17. The van der Waals surface area contributed by atoms with Crippen molar-refractivity contribution in [2.75, 3.05) is 10.6 Å². The molecule has 0 bridgehead atoms. The van der Waals surface area contributed by atoms with Crippen molar-refractivity contribution in [3.05, 3.63) is 94.3 Å². The molecule has 2 amide bonds. The van der Waals surface area contributed by atoms with Crippen LogP contribution in [0.4, 0.5) is 10.8 Å². The van der Waals surface area contributed by atoms with Crippen LogP contribution in [0.25, 0.3) is 11.3 Å². The highest BCUT2D eigenvalue weighted by molar-refractivity contribution is 8.00. The third kappa shape index (κ3) is 6.56. The van der Waals surface area contributed by atoms with Gasteiger partial charge in [-0.2, -0.15) is 0 Å². The summed E-state index contributed by atoms with van der Waals surface area (Å²) >= 11 is 8.95. The maximum Gasteiger partial charge on any atom is 0.336 e. The molecule has 0 fully saturated rings. The van der Waals surface area contributed by atoms with E-state index < -0.39 is 17.1 Å². The average molecular weight is 552 g/mol. The van der Waals surface area contributed by atoms with Gasteiger partial charge in [-0.3, -0.25) is 9.59 Å². The summed E-state index contributed by atoms with van der Waals surface area (Å²) in [4.78, 5) is 42.4. The van der Waals surface area contributed by atoms with E-state index >= 15 is 0 Å². The third-order valence-electron chi connectivity index (χ3n) is 5.32. The number of anilines is 2. The van der Waals surface area contributed by atoms with E-state index in [0.717, 1.165) is 10.5 Å². The van der Waals surface area contributed by atoms with Crippen LogP contribution in [0, 0.1) is 0 Å². The molecule has 0 aliphatic carbocycles. The average Bonchev–Trinajstić information content (AvgIpc) is 3.35. The second-order valence-corrected chi connectivity index (χ2v) is 10.4. The molecule has 1 aromatic heterocycles. The highest BCUT2D eigenvalue weighted by Gasteiger charge is 2.21. The zero-order valence-electron chi connectivity index (χ0n) is 19.6. The molecular formula is C27H22ClN3O4S2. The van der Waals surface area contributed by atoms with Crippen molar-refractivity contribution >= 4 is 63.3 Å². The van der Waals surface area contributed by atoms with Gasteiger partial charge in [-0.1, -0.05) is 54.9 Å². The van der Waals surface area contributed by atoms with Gasteiger partial charge in [0.2, 0.25) is 5.91 Å². The van der Waals surface area contributed by atoms with Crippen LogP contribution in [0.3, 0.4) is 0 Å². The summed E-state index contributed by atoms with van der Waals surface area (Å²) in [5, 5.41) is 17.5. The van der Waals surface area contributed by atoms with Crippen molar-refractivity contribution in [2.45, 2.75) is 23.5 Å². The number of thioether (sulfide) groups is 1. The minimum Gasteiger partial charge on any atom is -0.478 e. The van der Waals surface area contributed by atoms with Crippen LogP contribution in [-0.4, -0.2) is 33.1 Å². The fourth-order valence-corrected chi connectivity index (χ4v) is 5.47. The van der Waals surface area contributed by atoms with Crippen molar-refractivity contribution < 1.29 is 19.5 Å². The Labute approximate surface area is 226 Å². The quantitative estimate of drug-likeness (QED) is 0.195. The molecule has 1 unspecified atom stereocenters. The first-order chi connectivity index (χ1) is 17.9. The lowest BCUT2D eigenvalue weighted by molar-refractivity contribution is -0.115. The molecule has 1 atom stereocenters. The Hall–Kier alpha value is -3.66. The number of hydrogen-bond acceptors (Lipinski definition) is 6. The number of carbonyl (C=O) groups excluding carboxylic acids is 2. The van der Waals surface area contributed by atoms with Crippen molar-refractivity contribution in [3.63, 3.8) is 0 Å². The Bertz CT molecular complexity index is 1460. The summed E-state index contributed by atoms with van der Waals surface area (Å²) in [7, 11) is 0. The molecule has 4 aromatic rings. The number of thiazole rings is 1. The van der Waals surface area contributed by atoms with Crippen LogP contribution in [0.2, 0.25) is 5.02 Å². The van der Waals surface area contributed by atoms with Crippen molar-refractivity contribution in [1.82, 2.24) is 4.98 Å². The molecule has 1 heterocycles. The second-order valence-electron chi connectivity index (χ2n) is 7.85. The van der Waals surface area contributed by atoms with E-state index in [-0.39, 0.29) is 17.0 Å². The van der Waals surface area contributed by atoms with Crippen molar-refractivity contribution in [1.29, 1.82) is 0 Å². The summed E-state index contributed by atoms with van der Waals surface area (Å²) < 4.78 is 0. The van der Waals surface area contributed by atoms with Gasteiger partial charge in [0, 0.05) is 26.5 Å². The van der Waals surface area contributed by atoms with Crippen LogP contribution < -0.4 is 10.6 Å². The first kappa shape index (κ1) is 26.4. The fraction of sp³-hybridized carbons (Fsp3) is 0.111. The highest BCUT2D eigenvalue weighted by Crippen LogP contribution is 2.32. The molecule has 37 heavy (non-hydrogen) atoms. The summed E-state index contributed by atoms with van der Waals surface area (Å²) in [5.74, 6) is -1.88. The van der Waals surface area contributed by atoms with Gasteiger partial charge in [0.25, 0.3) is 5.91 Å². The predicted molar refractivity (Wildman–Crippen MR) is 149 cm³/mol. The number of nitrogens with one attached hydrogen (secondary N) is 2. The van der Waals surface area contributed by atoms with E-state index in [1.165, 1.54) is 35.2 Å². The molecule has 0 spiro atoms. The van der Waals surface area contributed by atoms with Crippen molar-refractivity contribution in [2.24, 2.45) is 0 Å². The Morgan fingerprint density at radius 3 is 2.46 bits per heavy atom. The number of hydrogen-bond donors (Lipinski definition) is 3. The number of benzene rings is 3. The smallest absolute Gasteiger partial charge is 0.336 e. The molecule has 0 aliphatic heterocycles. The Kier molecular flexibility index (Phi) is 8.60. The van der Waals surface area contributed by atoms with Crippen LogP contribution in [0.15, 0.2) is 83.1 Å². The number of carboxylic acids is 1. The first-order valence-electron chi connectivity index (χ1n) is 11.3. The first-order valence-corrected chi connectivity index (χ1v) is 13.4. The summed E-state index contributed by atoms with van der Waals surface area (Å²) in [6, 6.07) is 20.5. The van der Waals surface area contributed by atoms with Crippen molar-refractivity contribution in [3.8, 4) is 11.3 Å². The molecule has 10 heteroatoms. The molecule has 0 saturated heterocycles. The second kappa shape index (κ2) is 12.1. The van der Waals surface area contributed by atoms with E-state index in [1.54, 1.807) is 36.4 Å². The number of nitrogens with zero attached hydrogens (tertiary/aromatic N) is 1. The zero-order chi connectivity index (χ0) is 26.4. The van der Waals surface area contributed by atoms with Crippen LogP contribution >= 0.6 is 34.7 Å². The van der Waals surface area contributed by atoms with Crippen LogP contribution in [0.1, 0.15) is 34.1 Å². The molecule has 3 aromatic carbocycles. The van der Waals surface area contributed by atoms with Gasteiger partial charge in [0.15, 0.2) is 5.13 Å². The van der Waals surface area contributed by atoms with Gasteiger partial charge in [0.1, 0.15) is 0 Å². The van der Waals surface area contributed by atoms with E-state index in [9.17, 15) is 19.5 Å². The topological polar surface area (TPSA) is 108 Å². The van der Waals surface area contributed by atoms with Gasteiger partial charge in [0.05, 0.1) is 22.1 Å². The zero-order valence-corrected chi connectivity index (χ0v) is 22.0. The lowest BCUT2D eigenvalue weighted by Crippen LogP contribution is -2.24. The van der Waals surface area contributed by atoms with Gasteiger partial charge >= 0.3 is 5.97 Å². The molecule has 0 radical (unpaired) electrons. The maximum absolute atomic E-state index is 13.0. The number of aromatic carboxylic acids is 1. The lowest BCUT2D eigenvalue weighted by atomic mass is 10.1. The Morgan fingerprint density at radius 1 is 1.00 bits per heavy atom. The summed E-state index contributed by atoms with van der Waals surface area (Å²) in [6.45, 7) is 1.92. The predicted octanol–water partition coefficient (Wildman–Crippen LogP) is 6.92. The van der Waals surface area contributed by atoms with E-state index in [0.29, 0.717) is 28.0 Å². The van der Waals surface area contributed by atoms with Gasteiger partial charge in [-0.05, 0) is 42.8 Å². The number of aromatic nitrogens is 1. The van der Waals surface area contributed by atoms with Crippen LogP contribution in [0.5, 0.6) is 0 Å². The SMILES string of the molecule is CCC(Sc1cccc(NC(=O)c2ccccc2C(=O)O)c1)C(=O)Nc1nc(-c2ccccc2Cl)cs1. The number of carboxylic acid groups (broad SMARTS) is 1. The number of rotatable bonds is 9. The molecule has 7 nitrogen and oxygen atoms in total. The lowest BCUT2D eigenvalue weighted by Gasteiger charge is -2.14. The van der Waals surface area contributed by atoms with E-state index in [4.69, 9.17) is 11.6 Å². The number of amides is 2. The standard InChI is InChI=1S/C27H22ClN3O4S2/c1-2-23(25(33)31-27-30-22(15-36-27)20-12-5-6-13-21(20)28)37-17-9-7-8-16(14-17)29-24(32)18-10-3-4-11-19(18)26(34)35/h3-15,23H,2H2,1H3,(H,29,32)(H,34,35)(H,30,31,33). The molecular weight excluding hydrogens is 530 g/mol. The third-order valence-corrected chi connectivity index (χ3v) is 7.77.